The van der Waals surface area contributed by atoms with Crippen molar-refractivity contribution in [3.8, 4) is 0 Å². The number of nitrogens with zero attached hydrogens (tertiary/aromatic N) is 2. The molecule has 4 heteroatoms. The third-order valence-corrected chi connectivity index (χ3v) is 3.44. The summed E-state index contributed by atoms with van der Waals surface area (Å²) >= 11 is 0. The Morgan fingerprint density at radius 2 is 2.18 bits per heavy atom. The zero-order valence-corrected chi connectivity index (χ0v) is 10.3. The highest BCUT2D eigenvalue weighted by Crippen LogP contribution is 2.22. The Morgan fingerprint density at radius 1 is 1.47 bits per heavy atom. The third-order valence-electron chi connectivity index (χ3n) is 3.44. The third kappa shape index (κ3) is 2.96. The highest BCUT2D eigenvalue weighted by atomic mass is 16.3. The fraction of sp³-hybridized carbons (Fsp3) is 0.615. The maximum Gasteiger partial charge on any atom is 0.128 e. The van der Waals surface area contributed by atoms with Gasteiger partial charge < -0.3 is 15.7 Å². The monoisotopic (exact) mass is 235 g/mol. The molecule has 1 unspecified atom stereocenters. The van der Waals surface area contributed by atoms with Crippen molar-refractivity contribution < 1.29 is 5.11 Å². The molecule has 1 saturated heterocycles. The summed E-state index contributed by atoms with van der Waals surface area (Å²) < 4.78 is 0. The van der Waals surface area contributed by atoms with Crippen LogP contribution in [0.4, 0.5) is 5.82 Å². The maximum atomic E-state index is 9.05. The Balaban J connectivity index is 2.10. The minimum atomic E-state index is -0.376. The maximum absolute atomic E-state index is 9.05. The largest absolute Gasteiger partial charge is 0.394 e. The standard InChI is InChI=1S/C13H21N3O/c1-10-5-7-16(8-6-10)13-4-2-3-12(15-13)11(14)9-17/h2-4,10-11,17H,5-9,14H2,1H3. The van der Waals surface area contributed by atoms with E-state index in [2.05, 4.69) is 16.8 Å². The highest BCUT2D eigenvalue weighted by Gasteiger charge is 2.17. The topological polar surface area (TPSA) is 62.4 Å². The number of hydrogen-bond acceptors (Lipinski definition) is 4. The number of aliphatic hydroxyl groups excluding tert-OH is 1. The van der Waals surface area contributed by atoms with Crippen molar-refractivity contribution in [3.05, 3.63) is 23.9 Å². The van der Waals surface area contributed by atoms with Crippen molar-refractivity contribution in [2.75, 3.05) is 24.6 Å². The van der Waals surface area contributed by atoms with E-state index in [1.165, 1.54) is 12.8 Å². The first-order valence-corrected chi connectivity index (χ1v) is 6.29. The first-order valence-electron chi connectivity index (χ1n) is 6.29. The predicted octanol–water partition coefficient (Wildman–Crippen LogP) is 1.31. The second kappa shape index (κ2) is 5.47. The molecule has 0 bridgehead atoms. The quantitative estimate of drug-likeness (QED) is 0.829. The van der Waals surface area contributed by atoms with Crippen LogP contribution in [0.2, 0.25) is 0 Å². The zero-order valence-electron chi connectivity index (χ0n) is 10.3. The van der Waals surface area contributed by atoms with Gasteiger partial charge in [0.1, 0.15) is 5.82 Å². The molecule has 1 fully saturated rings. The molecule has 1 aliphatic rings. The summed E-state index contributed by atoms with van der Waals surface area (Å²) in [4.78, 5) is 6.83. The molecule has 1 aliphatic heterocycles. The van der Waals surface area contributed by atoms with Gasteiger partial charge in [0.05, 0.1) is 18.3 Å². The summed E-state index contributed by atoms with van der Waals surface area (Å²) in [5, 5.41) is 9.05. The number of hydrogen-bond donors (Lipinski definition) is 2. The smallest absolute Gasteiger partial charge is 0.128 e. The van der Waals surface area contributed by atoms with Crippen molar-refractivity contribution in [1.82, 2.24) is 4.98 Å². The van der Waals surface area contributed by atoms with Crippen molar-refractivity contribution in [2.24, 2.45) is 11.7 Å². The molecule has 3 N–H and O–H groups in total. The van der Waals surface area contributed by atoms with Crippen molar-refractivity contribution in [2.45, 2.75) is 25.8 Å². The van der Waals surface area contributed by atoms with Crippen LogP contribution >= 0.6 is 0 Å². The number of piperidine rings is 1. The molecule has 0 aliphatic carbocycles. The van der Waals surface area contributed by atoms with Gasteiger partial charge in [-0.15, -0.1) is 0 Å². The van der Waals surface area contributed by atoms with Crippen LogP contribution in [0, 0.1) is 5.92 Å². The number of anilines is 1. The molecular weight excluding hydrogens is 214 g/mol. The van der Waals surface area contributed by atoms with E-state index in [4.69, 9.17) is 10.8 Å². The van der Waals surface area contributed by atoms with Gasteiger partial charge in [0.2, 0.25) is 0 Å². The molecule has 94 valence electrons. The van der Waals surface area contributed by atoms with Gasteiger partial charge in [-0.1, -0.05) is 13.0 Å². The van der Waals surface area contributed by atoms with E-state index in [1.807, 2.05) is 18.2 Å². The molecule has 2 rings (SSSR count). The van der Waals surface area contributed by atoms with Gasteiger partial charge in [-0.05, 0) is 30.9 Å². The molecule has 0 spiro atoms. The lowest BCUT2D eigenvalue weighted by molar-refractivity contribution is 0.266. The van der Waals surface area contributed by atoms with Crippen LogP contribution in [0.25, 0.3) is 0 Å². The Hall–Kier alpha value is -1.13. The van der Waals surface area contributed by atoms with E-state index in [0.29, 0.717) is 0 Å². The van der Waals surface area contributed by atoms with Gasteiger partial charge in [-0.2, -0.15) is 0 Å². The molecule has 0 aromatic carbocycles. The molecular formula is C13H21N3O. The molecule has 2 heterocycles. The Morgan fingerprint density at radius 3 is 2.82 bits per heavy atom. The minimum Gasteiger partial charge on any atom is -0.394 e. The predicted molar refractivity (Wildman–Crippen MR) is 68.9 cm³/mol. The van der Waals surface area contributed by atoms with Crippen molar-refractivity contribution in [1.29, 1.82) is 0 Å². The van der Waals surface area contributed by atoms with Gasteiger partial charge in [-0.3, -0.25) is 0 Å². The average Bonchev–Trinajstić information content (AvgIpc) is 2.39. The first kappa shape index (κ1) is 12.3. The molecule has 0 radical (unpaired) electrons. The fourth-order valence-electron chi connectivity index (χ4n) is 2.15. The summed E-state index contributed by atoms with van der Waals surface area (Å²) in [6.45, 7) is 4.36. The molecule has 0 amide bonds. The second-order valence-electron chi connectivity index (χ2n) is 4.88. The van der Waals surface area contributed by atoms with Crippen LogP contribution in [0.1, 0.15) is 31.5 Å². The number of aliphatic hydroxyl groups is 1. The lowest BCUT2D eigenvalue weighted by Gasteiger charge is -2.31. The van der Waals surface area contributed by atoms with E-state index in [1.54, 1.807) is 0 Å². The van der Waals surface area contributed by atoms with E-state index in [9.17, 15) is 0 Å². The summed E-state index contributed by atoms with van der Waals surface area (Å²) in [5.41, 5.74) is 6.55. The number of aromatic nitrogens is 1. The van der Waals surface area contributed by atoms with Crippen molar-refractivity contribution >= 4 is 5.82 Å². The molecule has 1 aromatic heterocycles. The summed E-state index contributed by atoms with van der Waals surface area (Å²) in [6, 6.07) is 5.48. The Labute approximate surface area is 102 Å². The molecule has 4 nitrogen and oxygen atoms in total. The number of nitrogens with two attached hydrogens (primary N) is 1. The lowest BCUT2D eigenvalue weighted by Crippen LogP contribution is -2.33. The molecule has 1 atom stereocenters. The van der Waals surface area contributed by atoms with Crippen molar-refractivity contribution in [3.63, 3.8) is 0 Å². The Kier molecular flexibility index (Phi) is 3.97. The summed E-state index contributed by atoms with van der Waals surface area (Å²) in [5.74, 6) is 1.80. The lowest BCUT2D eigenvalue weighted by atomic mass is 9.99. The van der Waals surface area contributed by atoms with Gasteiger partial charge in [0.25, 0.3) is 0 Å². The van der Waals surface area contributed by atoms with Gasteiger partial charge in [-0.25, -0.2) is 4.98 Å². The van der Waals surface area contributed by atoms with Crippen LogP contribution in [0.5, 0.6) is 0 Å². The highest BCUT2D eigenvalue weighted by molar-refractivity contribution is 5.40. The number of pyridine rings is 1. The van der Waals surface area contributed by atoms with Crippen LogP contribution in [0.15, 0.2) is 18.2 Å². The van der Waals surface area contributed by atoms with Gasteiger partial charge in [0, 0.05) is 13.1 Å². The number of rotatable bonds is 3. The van der Waals surface area contributed by atoms with E-state index < -0.39 is 0 Å². The van der Waals surface area contributed by atoms with Gasteiger partial charge in [0.15, 0.2) is 0 Å². The van der Waals surface area contributed by atoms with E-state index in [-0.39, 0.29) is 12.6 Å². The SMILES string of the molecule is CC1CCN(c2cccc(C(N)CO)n2)CC1. The Bertz CT molecular complexity index is 361. The minimum absolute atomic E-state index is 0.0620. The summed E-state index contributed by atoms with van der Waals surface area (Å²) in [6.07, 6.45) is 2.44. The zero-order chi connectivity index (χ0) is 12.3. The van der Waals surface area contributed by atoms with Gasteiger partial charge >= 0.3 is 0 Å². The average molecular weight is 235 g/mol. The van der Waals surface area contributed by atoms with Crippen LogP contribution in [0.3, 0.4) is 0 Å². The van der Waals surface area contributed by atoms with Crippen LogP contribution < -0.4 is 10.6 Å². The first-order chi connectivity index (χ1) is 8.20. The summed E-state index contributed by atoms with van der Waals surface area (Å²) in [7, 11) is 0. The fourth-order valence-corrected chi connectivity index (χ4v) is 2.15. The second-order valence-corrected chi connectivity index (χ2v) is 4.88. The molecule has 17 heavy (non-hydrogen) atoms. The van der Waals surface area contributed by atoms with Crippen LogP contribution in [-0.2, 0) is 0 Å². The van der Waals surface area contributed by atoms with E-state index in [0.717, 1.165) is 30.5 Å². The van der Waals surface area contributed by atoms with Crippen LogP contribution in [-0.4, -0.2) is 29.8 Å². The molecule has 1 aromatic rings. The van der Waals surface area contributed by atoms with E-state index >= 15 is 0 Å². The molecule has 0 saturated carbocycles. The normalized spacial score (nSPS) is 19.4.